The van der Waals surface area contributed by atoms with Gasteiger partial charge in [-0.2, -0.15) is 0 Å². The smallest absolute Gasteiger partial charge is 0.475 e. The molecule has 0 rings (SSSR count). The van der Waals surface area contributed by atoms with Gasteiger partial charge in [-0.05, 0) is 19.8 Å². The molecular weight excluding hydrogens is 617 g/mol. The molecule has 11 heteroatoms. The first-order valence-corrected chi connectivity index (χ1v) is 19.2. The van der Waals surface area contributed by atoms with E-state index in [9.17, 15) is 14.2 Å². The van der Waals surface area contributed by atoms with Gasteiger partial charge in [0.25, 0.3) is 0 Å². The molecular formula is C34H69ClNO8P. The summed E-state index contributed by atoms with van der Waals surface area (Å²) in [4.78, 5) is 25.1. The number of quaternary nitrogens is 1. The topological polar surface area (TPSA) is 97.4 Å². The van der Waals surface area contributed by atoms with Crippen molar-refractivity contribution in [1.29, 1.82) is 0 Å². The molecule has 0 heterocycles. The lowest BCUT2D eigenvalue weighted by Gasteiger charge is -2.25. The molecule has 2 atom stereocenters. The van der Waals surface area contributed by atoms with Crippen molar-refractivity contribution in [1.82, 2.24) is 0 Å². The highest BCUT2D eigenvalue weighted by Crippen LogP contribution is 2.49. The van der Waals surface area contributed by atoms with E-state index in [1.165, 1.54) is 77.0 Å². The number of hydrogen-bond donors (Lipinski definition) is 0. The van der Waals surface area contributed by atoms with Gasteiger partial charge in [-0.1, -0.05) is 117 Å². The molecule has 0 spiro atoms. The lowest BCUT2D eigenvalue weighted by Crippen LogP contribution is -3.00. The van der Waals surface area contributed by atoms with E-state index in [4.69, 9.17) is 23.0 Å². The molecule has 0 fully saturated rings. The second-order valence-electron chi connectivity index (χ2n) is 13.0. The maximum atomic E-state index is 13.2. The first kappa shape index (κ1) is 46.4. The van der Waals surface area contributed by atoms with Gasteiger partial charge in [0.2, 0.25) is 0 Å². The van der Waals surface area contributed by atoms with Crippen molar-refractivity contribution in [3.05, 3.63) is 0 Å². The Hall–Kier alpha value is -0.700. The van der Waals surface area contributed by atoms with E-state index < -0.39 is 13.9 Å². The van der Waals surface area contributed by atoms with E-state index in [-0.39, 0.29) is 57.2 Å². The number of nitrogens with zero attached hydrogens (tertiary/aromatic N) is 1. The van der Waals surface area contributed by atoms with Gasteiger partial charge in [0.15, 0.2) is 6.10 Å². The van der Waals surface area contributed by atoms with Crippen LogP contribution in [-0.2, 0) is 37.2 Å². The first-order chi connectivity index (χ1) is 21.0. The van der Waals surface area contributed by atoms with Crippen LogP contribution in [0, 0.1) is 0 Å². The minimum atomic E-state index is -3.87. The van der Waals surface area contributed by atoms with E-state index in [1.54, 1.807) is 6.92 Å². The van der Waals surface area contributed by atoms with Crippen molar-refractivity contribution in [3.8, 4) is 0 Å². The summed E-state index contributed by atoms with van der Waals surface area (Å²) < 4.78 is 41.3. The number of esters is 2. The summed E-state index contributed by atoms with van der Waals surface area (Å²) in [7, 11) is 2.13. The van der Waals surface area contributed by atoms with E-state index in [0.717, 1.165) is 38.5 Å². The normalized spacial score (nSPS) is 13.6. The lowest BCUT2D eigenvalue weighted by molar-refractivity contribution is -0.870. The third-order valence-electron chi connectivity index (χ3n) is 7.41. The number of unbranched alkanes of at least 4 members (excludes halogenated alkanes) is 16. The Balaban J connectivity index is 0. The van der Waals surface area contributed by atoms with Gasteiger partial charge in [0.1, 0.15) is 19.8 Å². The average molecular weight is 686 g/mol. The predicted molar refractivity (Wildman–Crippen MR) is 179 cm³/mol. The van der Waals surface area contributed by atoms with Crippen molar-refractivity contribution >= 4 is 19.8 Å². The number of phosphoric ester groups is 1. The highest BCUT2D eigenvalue weighted by atomic mass is 35.5. The Morgan fingerprint density at radius 2 is 1.04 bits per heavy atom. The van der Waals surface area contributed by atoms with Gasteiger partial charge in [-0.3, -0.25) is 23.2 Å². The Bertz CT molecular complexity index is 750. The zero-order valence-electron chi connectivity index (χ0n) is 29.8. The van der Waals surface area contributed by atoms with Gasteiger partial charge in [0.05, 0.1) is 34.4 Å². The Labute approximate surface area is 282 Å². The van der Waals surface area contributed by atoms with Gasteiger partial charge in [-0.15, -0.1) is 0 Å². The fourth-order valence-corrected chi connectivity index (χ4v) is 5.84. The second kappa shape index (κ2) is 30.6. The summed E-state index contributed by atoms with van der Waals surface area (Å²) in [5, 5.41) is 0. The van der Waals surface area contributed by atoms with Crippen LogP contribution in [0.1, 0.15) is 149 Å². The first-order valence-electron chi connectivity index (χ1n) is 17.7. The van der Waals surface area contributed by atoms with Crippen LogP contribution in [0.15, 0.2) is 0 Å². The van der Waals surface area contributed by atoms with Crippen molar-refractivity contribution < 1.29 is 54.1 Å². The predicted octanol–water partition coefficient (Wildman–Crippen LogP) is 6.17. The molecule has 0 aliphatic heterocycles. The van der Waals surface area contributed by atoms with Crippen LogP contribution in [0.2, 0.25) is 0 Å². The molecule has 0 aliphatic carbocycles. The monoisotopic (exact) mass is 685 g/mol. The van der Waals surface area contributed by atoms with Crippen molar-refractivity contribution in [2.45, 2.75) is 155 Å². The molecule has 0 radical (unpaired) electrons. The number of carbonyl (C=O) groups excluding carboxylic acids is 2. The molecule has 270 valence electrons. The van der Waals surface area contributed by atoms with Crippen LogP contribution in [0.4, 0.5) is 0 Å². The highest BCUT2D eigenvalue weighted by Gasteiger charge is 2.30. The zero-order chi connectivity index (χ0) is 32.9. The van der Waals surface area contributed by atoms with Gasteiger partial charge < -0.3 is 26.4 Å². The number of rotatable bonds is 32. The van der Waals surface area contributed by atoms with Crippen LogP contribution >= 0.6 is 7.82 Å². The molecule has 0 aromatic rings. The molecule has 0 saturated heterocycles. The maximum Gasteiger partial charge on any atom is 0.475 e. The molecule has 0 N–H and O–H groups in total. The lowest BCUT2D eigenvalue weighted by atomic mass is 10.1. The zero-order valence-corrected chi connectivity index (χ0v) is 31.4. The molecule has 0 aromatic heterocycles. The average Bonchev–Trinajstić information content (AvgIpc) is 2.96. The molecule has 0 bridgehead atoms. The van der Waals surface area contributed by atoms with E-state index in [1.807, 2.05) is 21.1 Å². The number of phosphoric acid groups is 1. The molecule has 0 aromatic carbocycles. The Morgan fingerprint density at radius 3 is 1.49 bits per heavy atom. The molecule has 0 amide bonds. The van der Waals surface area contributed by atoms with Crippen LogP contribution < -0.4 is 12.4 Å². The molecule has 0 saturated carbocycles. The van der Waals surface area contributed by atoms with Crippen LogP contribution in [0.25, 0.3) is 0 Å². The summed E-state index contributed by atoms with van der Waals surface area (Å²) in [6.07, 6.45) is 20.5. The Morgan fingerprint density at radius 1 is 0.600 bits per heavy atom. The molecule has 2 unspecified atom stereocenters. The fraction of sp³-hybridized carbons (Fsp3) is 0.941. The SMILES string of the molecule is CCCCCCCCCCCC(=O)OCC(COP(=O)(OCC)OCC[N+](C)(C)C)OC(=O)CCCCCCCCCCC.[Cl-]. The van der Waals surface area contributed by atoms with Crippen molar-refractivity contribution in [3.63, 3.8) is 0 Å². The van der Waals surface area contributed by atoms with E-state index in [2.05, 4.69) is 13.8 Å². The standard InChI is InChI=1S/C34H69NO8P.ClH/c1-7-10-12-14-16-18-20-22-24-26-33(36)39-30-32(31-42-44(38,40-9-3)41-29-28-35(4,5)6)43-34(37)27-25-23-21-19-17-15-13-11-8-2;/h32H,7-31H2,1-6H3;1H/q+1;/p-1. The number of carbonyl (C=O) groups is 2. The minimum Gasteiger partial charge on any atom is -1.00 e. The van der Waals surface area contributed by atoms with E-state index in [0.29, 0.717) is 17.4 Å². The minimum absolute atomic E-state index is 0. The number of halogens is 1. The second-order valence-corrected chi connectivity index (χ2v) is 14.6. The third kappa shape index (κ3) is 31.7. The number of likely N-dealkylation sites (N-methyl/N-ethyl adjacent to an activating group) is 1. The summed E-state index contributed by atoms with van der Waals surface area (Å²) in [6.45, 7) is 6.65. The summed E-state index contributed by atoms with van der Waals surface area (Å²) in [5.41, 5.74) is 0. The van der Waals surface area contributed by atoms with Crippen LogP contribution in [0.5, 0.6) is 0 Å². The number of hydrogen-bond acceptors (Lipinski definition) is 8. The van der Waals surface area contributed by atoms with Crippen LogP contribution in [0.3, 0.4) is 0 Å². The molecule has 45 heavy (non-hydrogen) atoms. The van der Waals surface area contributed by atoms with Crippen molar-refractivity contribution in [2.24, 2.45) is 0 Å². The summed E-state index contributed by atoms with van der Waals surface area (Å²) in [5.74, 6) is -0.714. The summed E-state index contributed by atoms with van der Waals surface area (Å²) in [6, 6.07) is 0. The quantitative estimate of drug-likeness (QED) is 0.0359. The highest BCUT2D eigenvalue weighted by molar-refractivity contribution is 7.48. The van der Waals surface area contributed by atoms with Gasteiger partial charge in [0, 0.05) is 12.8 Å². The number of ether oxygens (including phenoxy) is 2. The largest absolute Gasteiger partial charge is 1.00 e. The molecule has 9 nitrogen and oxygen atoms in total. The molecule has 0 aliphatic rings. The third-order valence-corrected chi connectivity index (χ3v) is 8.95. The van der Waals surface area contributed by atoms with E-state index >= 15 is 0 Å². The van der Waals surface area contributed by atoms with Gasteiger partial charge >= 0.3 is 19.8 Å². The van der Waals surface area contributed by atoms with Gasteiger partial charge in [-0.25, -0.2) is 4.57 Å². The fourth-order valence-electron chi connectivity index (χ4n) is 4.65. The van der Waals surface area contributed by atoms with Crippen LogP contribution in [-0.4, -0.2) is 76.6 Å². The van der Waals surface area contributed by atoms with Crippen molar-refractivity contribution in [2.75, 3.05) is 54.1 Å². The summed E-state index contributed by atoms with van der Waals surface area (Å²) >= 11 is 0. The maximum absolute atomic E-state index is 13.2. The Kier molecular flexibility index (Phi) is 31.6.